The fourth-order valence-electron chi connectivity index (χ4n) is 2.72. The van der Waals surface area contributed by atoms with Gasteiger partial charge in [-0.3, -0.25) is 4.98 Å². The SMILES string of the molecule is CNC1CC(c2cnccc2C)Oc2ccc(Cl)cc21. The van der Waals surface area contributed by atoms with Gasteiger partial charge in [-0.25, -0.2) is 0 Å². The molecule has 0 radical (unpaired) electrons. The molecule has 3 rings (SSSR count). The second kappa shape index (κ2) is 5.43. The summed E-state index contributed by atoms with van der Waals surface area (Å²) in [5, 5.41) is 4.09. The van der Waals surface area contributed by atoms with E-state index in [1.165, 1.54) is 5.56 Å². The quantitative estimate of drug-likeness (QED) is 0.912. The van der Waals surface area contributed by atoms with Crippen LogP contribution in [0.3, 0.4) is 0 Å². The van der Waals surface area contributed by atoms with Gasteiger partial charge in [0.05, 0.1) is 0 Å². The Balaban J connectivity index is 1.99. The van der Waals surface area contributed by atoms with Crippen molar-refractivity contribution < 1.29 is 4.74 Å². The van der Waals surface area contributed by atoms with Crippen molar-refractivity contribution in [2.45, 2.75) is 25.5 Å². The van der Waals surface area contributed by atoms with Gasteiger partial charge in [-0.05, 0) is 43.8 Å². The summed E-state index contributed by atoms with van der Waals surface area (Å²) >= 11 is 6.08. The average molecular weight is 289 g/mol. The minimum atomic E-state index is 0.0230. The van der Waals surface area contributed by atoms with Gasteiger partial charge in [0.25, 0.3) is 0 Å². The third-order valence-electron chi connectivity index (χ3n) is 3.84. The molecular weight excluding hydrogens is 272 g/mol. The van der Waals surface area contributed by atoms with Crippen molar-refractivity contribution in [3.05, 3.63) is 58.4 Å². The summed E-state index contributed by atoms with van der Waals surface area (Å²) in [7, 11) is 1.97. The predicted molar refractivity (Wildman–Crippen MR) is 80.2 cm³/mol. The lowest BCUT2D eigenvalue weighted by molar-refractivity contribution is 0.153. The first-order valence-corrected chi connectivity index (χ1v) is 7.10. The Morgan fingerprint density at radius 3 is 2.90 bits per heavy atom. The molecule has 2 atom stereocenters. The minimum Gasteiger partial charge on any atom is -0.485 e. The lowest BCUT2D eigenvalue weighted by Gasteiger charge is -2.33. The van der Waals surface area contributed by atoms with Crippen LogP contribution in [0, 0.1) is 6.92 Å². The molecule has 2 aromatic rings. The van der Waals surface area contributed by atoms with Crippen molar-refractivity contribution in [1.82, 2.24) is 10.3 Å². The van der Waals surface area contributed by atoms with E-state index >= 15 is 0 Å². The zero-order valence-electron chi connectivity index (χ0n) is 11.6. The van der Waals surface area contributed by atoms with Gasteiger partial charge in [0, 0.05) is 41.0 Å². The molecule has 0 saturated carbocycles. The summed E-state index contributed by atoms with van der Waals surface area (Å²) in [5.41, 5.74) is 3.48. The highest BCUT2D eigenvalue weighted by Gasteiger charge is 2.29. The Morgan fingerprint density at radius 2 is 2.15 bits per heavy atom. The summed E-state index contributed by atoms with van der Waals surface area (Å²) in [6.45, 7) is 2.09. The molecule has 2 unspecified atom stereocenters. The van der Waals surface area contributed by atoms with Gasteiger partial charge in [-0.1, -0.05) is 11.6 Å². The Kier molecular flexibility index (Phi) is 3.64. The van der Waals surface area contributed by atoms with Gasteiger partial charge in [-0.15, -0.1) is 0 Å². The monoisotopic (exact) mass is 288 g/mol. The van der Waals surface area contributed by atoms with E-state index in [2.05, 4.69) is 17.2 Å². The highest BCUT2D eigenvalue weighted by molar-refractivity contribution is 6.30. The van der Waals surface area contributed by atoms with E-state index in [1.54, 1.807) is 0 Å². The van der Waals surface area contributed by atoms with Gasteiger partial charge in [0.2, 0.25) is 0 Å². The summed E-state index contributed by atoms with van der Waals surface area (Å²) in [4.78, 5) is 4.22. The highest BCUT2D eigenvalue weighted by Crippen LogP contribution is 2.42. The zero-order chi connectivity index (χ0) is 14.1. The van der Waals surface area contributed by atoms with Gasteiger partial charge >= 0.3 is 0 Å². The standard InChI is InChI=1S/C16H17ClN2O/c1-10-5-6-19-9-13(10)16-8-14(18-2)12-7-11(17)3-4-15(12)20-16/h3-7,9,14,16,18H,8H2,1-2H3. The molecule has 104 valence electrons. The molecule has 1 aliphatic rings. The molecule has 1 aromatic carbocycles. The molecule has 0 spiro atoms. The number of ether oxygens (including phenoxy) is 1. The maximum atomic E-state index is 6.15. The van der Waals surface area contributed by atoms with Crippen molar-refractivity contribution in [1.29, 1.82) is 0 Å². The lowest BCUT2D eigenvalue weighted by atomic mass is 9.92. The van der Waals surface area contributed by atoms with Crippen molar-refractivity contribution in [3.8, 4) is 5.75 Å². The van der Waals surface area contributed by atoms with E-state index in [9.17, 15) is 0 Å². The minimum absolute atomic E-state index is 0.0230. The number of hydrogen-bond acceptors (Lipinski definition) is 3. The second-order valence-corrected chi connectivity index (χ2v) is 5.53. The number of benzene rings is 1. The predicted octanol–water partition coefficient (Wildman–Crippen LogP) is 3.83. The topological polar surface area (TPSA) is 34.2 Å². The fraction of sp³-hybridized carbons (Fsp3) is 0.312. The molecule has 0 bridgehead atoms. The first-order valence-electron chi connectivity index (χ1n) is 6.73. The molecule has 1 N–H and O–H groups in total. The zero-order valence-corrected chi connectivity index (χ0v) is 12.3. The number of rotatable bonds is 2. The van der Waals surface area contributed by atoms with E-state index in [-0.39, 0.29) is 12.1 Å². The fourth-order valence-corrected chi connectivity index (χ4v) is 2.90. The second-order valence-electron chi connectivity index (χ2n) is 5.10. The van der Waals surface area contributed by atoms with Crippen LogP contribution in [0.25, 0.3) is 0 Å². The molecule has 0 aliphatic carbocycles. The van der Waals surface area contributed by atoms with E-state index in [0.717, 1.165) is 28.3 Å². The van der Waals surface area contributed by atoms with Crippen LogP contribution in [0.15, 0.2) is 36.7 Å². The maximum absolute atomic E-state index is 6.15. The van der Waals surface area contributed by atoms with Crippen molar-refractivity contribution in [2.75, 3.05) is 7.05 Å². The molecular formula is C16H17ClN2O. The molecule has 0 saturated heterocycles. The van der Waals surface area contributed by atoms with Crippen LogP contribution in [0.1, 0.15) is 35.3 Å². The Morgan fingerprint density at radius 1 is 1.30 bits per heavy atom. The van der Waals surface area contributed by atoms with Gasteiger partial charge in [0.1, 0.15) is 11.9 Å². The summed E-state index contributed by atoms with van der Waals surface area (Å²) in [6.07, 6.45) is 4.60. The molecule has 4 heteroatoms. The van der Waals surface area contributed by atoms with Gasteiger partial charge in [-0.2, -0.15) is 0 Å². The number of nitrogens with one attached hydrogen (secondary N) is 1. The first kappa shape index (κ1) is 13.4. The van der Waals surface area contributed by atoms with E-state index in [1.807, 2.05) is 43.7 Å². The highest BCUT2D eigenvalue weighted by atomic mass is 35.5. The number of halogens is 1. The van der Waals surface area contributed by atoms with Gasteiger partial charge in [0.15, 0.2) is 0 Å². The molecule has 0 amide bonds. The summed E-state index contributed by atoms with van der Waals surface area (Å²) in [5.74, 6) is 0.897. The molecule has 1 aromatic heterocycles. The van der Waals surface area contributed by atoms with Crippen LogP contribution in [-0.2, 0) is 0 Å². The average Bonchev–Trinajstić information content (AvgIpc) is 2.46. The third kappa shape index (κ3) is 2.39. The normalized spacial score (nSPS) is 21.1. The molecule has 20 heavy (non-hydrogen) atoms. The Labute approximate surface area is 123 Å². The number of hydrogen-bond donors (Lipinski definition) is 1. The van der Waals surface area contributed by atoms with Gasteiger partial charge < -0.3 is 10.1 Å². The molecule has 3 nitrogen and oxygen atoms in total. The van der Waals surface area contributed by atoms with Crippen molar-refractivity contribution >= 4 is 11.6 Å². The Bertz CT molecular complexity index is 630. The number of fused-ring (bicyclic) bond motifs is 1. The van der Waals surface area contributed by atoms with E-state index < -0.39 is 0 Å². The summed E-state index contributed by atoms with van der Waals surface area (Å²) < 4.78 is 6.15. The largest absolute Gasteiger partial charge is 0.485 e. The maximum Gasteiger partial charge on any atom is 0.127 e. The van der Waals surface area contributed by atoms with Crippen LogP contribution >= 0.6 is 11.6 Å². The number of nitrogens with zero attached hydrogens (tertiary/aromatic N) is 1. The molecule has 0 fully saturated rings. The number of aryl methyl sites for hydroxylation is 1. The van der Waals surface area contributed by atoms with Crippen LogP contribution in [-0.4, -0.2) is 12.0 Å². The van der Waals surface area contributed by atoms with Crippen LogP contribution < -0.4 is 10.1 Å². The smallest absolute Gasteiger partial charge is 0.127 e. The molecule has 2 heterocycles. The van der Waals surface area contributed by atoms with Crippen LogP contribution in [0.2, 0.25) is 5.02 Å². The number of pyridine rings is 1. The van der Waals surface area contributed by atoms with Crippen LogP contribution in [0.5, 0.6) is 5.75 Å². The van der Waals surface area contributed by atoms with Crippen molar-refractivity contribution in [2.24, 2.45) is 0 Å². The number of aromatic nitrogens is 1. The first-order chi connectivity index (χ1) is 9.69. The summed E-state index contributed by atoms with van der Waals surface area (Å²) in [6, 6.07) is 8.04. The lowest BCUT2D eigenvalue weighted by Crippen LogP contribution is -2.27. The van der Waals surface area contributed by atoms with E-state index in [4.69, 9.17) is 16.3 Å². The third-order valence-corrected chi connectivity index (χ3v) is 4.08. The molecule has 1 aliphatic heterocycles. The Hall–Kier alpha value is -1.58. The van der Waals surface area contributed by atoms with Crippen molar-refractivity contribution in [3.63, 3.8) is 0 Å². The van der Waals surface area contributed by atoms with E-state index in [0.29, 0.717) is 0 Å². The van der Waals surface area contributed by atoms with Crippen LogP contribution in [0.4, 0.5) is 0 Å².